The van der Waals surface area contributed by atoms with Crippen molar-refractivity contribution in [3.05, 3.63) is 28.7 Å². The van der Waals surface area contributed by atoms with E-state index in [-0.39, 0.29) is 0 Å². The minimum Gasteiger partial charge on any atom is -0.275 e. The van der Waals surface area contributed by atoms with Crippen molar-refractivity contribution in [1.82, 2.24) is 29.6 Å². The first-order valence-corrected chi connectivity index (χ1v) is 5.83. The Morgan fingerprint density at radius 1 is 1.17 bits per heavy atom. The molecule has 18 heavy (non-hydrogen) atoms. The van der Waals surface area contributed by atoms with Crippen LogP contribution < -0.4 is 0 Å². The van der Waals surface area contributed by atoms with Gasteiger partial charge in [-0.05, 0) is 19.4 Å². The number of fused-ring (bicyclic) bond motifs is 1. The van der Waals surface area contributed by atoms with Crippen LogP contribution in [0.1, 0.15) is 11.1 Å². The van der Waals surface area contributed by atoms with Crippen LogP contribution in [0.2, 0.25) is 5.15 Å². The highest BCUT2D eigenvalue weighted by Gasteiger charge is 2.15. The van der Waals surface area contributed by atoms with Crippen molar-refractivity contribution in [2.75, 3.05) is 0 Å². The van der Waals surface area contributed by atoms with E-state index in [1.807, 2.05) is 27.1 Å². The SMILES string of the molecule is Cc1c(Cl)nn2c(-c3cnn(C)c3)nnc2c1C. The zero-order valence-electron chi connectivity index (χ0n) is 10.2. The van der Waals surface area contributed by atoms with Gasteiger partial charge in [-0.15, -0.1) is 10.2 Å². The largest absolute Gasteiger partial charge is 0.275 e. The molecule has 7 heteroatoms. The Hall–Kier alpha value is -1.95. The van der Waals surface area contributed by atoms with Crippen molar-refractivity contribution >= 4 is 17.2 Å². The van der Waals surface area contributed by atoms with Crippen LogP contribution in [-0.4, -0.2) is 29.6 Å². The first-order chi connectivity index (χ1) is 8.58. The smallest absolute Gasteiger partial charge is 0.188 e. The van der Waals surface area contributed by atoms with Crippen LogP contribution >= 0.6 is 11.6 Å². The van der Waals surface area contributed by atoms with Gasteiger partial charge in [0.05, 0.1) is 11.8 Å². The van der Waals surface area contributed by atoms with Crippen molar-refractivity contribution in [3.63, 3.8) is 0 Å². The average molecular weight is 263 g/mol. The third kappa shape index (κ3) is 1.49. The van der Waals surface area contributed by atoms with Gasteiger partial charge in [-0.1, -0.05) is 11.6 Å². The molecule has 3 aromatic rings. The number of aromatic nitrogens is 6. The van der Waals surface area contributed by atoms with E-state index < -0.39 is 0 Å². The number of rotatable bonds is 1. The number of hydrogen-bond donors (Lipinski definition) is 0. The second kappa shape index (κ2) is 3.78. The quantitative estimate of drug-likeness (QED) is 0.671. The van der Waals surface area contributed by atoms with Gasteiger partial charge in [0.2, 0.25) is 0 Å². The zero-order valence-corrected chi connectivity index (χ0v) is 11.0. The summed E-state index contributed by atoms with van der Waals surface area (Å²) in [4.78, 5) is 0. The zero-order chi connectivity index (χ0) is 12.9. The predicted molar refractivity (Wildman–Crippen MR) is 67.5 cm³/mol. The van der Waals surface area contributed by atoms with E-state index in [1.54, 1.807) is 15.4 Å². The molecular weight excluding hydrogens is 252 g/mol. The molecule has 0 saturated heterocycles. The topological polar surface area (TPSA) is 60.9 Å². The maximum atomic E-state index is 6.11. The molecule has 0 fully saturated rings. The molecule has 0 saturated carbocycles. The number of nitrogens with zero attached hydrogens (tertiary/aromatic N) is 6. The number of aryl methyl sites for hydroxylation is 2. The molecule has 3 aromatic heterocycles. The van der Waals surface area contributed by atoms with Gasteiger partial charge in [0, 0.05) is 18.8 Å². The summed E-state index contributed by atoms with van der Waals surface area (Å²) < 4.78 is 3.36. The molecule has 0 radical (unpaired) electrons. The van der Waals surface area contributed by atoms with Crippen LogP contribution in [0.4, 0.5) is 0 Å². The van der Waals surface area contributed by atoms with Gasteiger partial charge in [0.15, 0.2) is 16.6 Å². The lowest BCUT2D eigenvalue weighted by Gasteiger charge is -2.04. The van der Waals surface area contributed by atoms with E-state index in [0.29, 0.717) is 11.0 Å². The Bertz CT molecular complexity index is 741. The third-order valence-electron chi connectivity index (χ3n) is 3.00. The standard InChI is InChI=1S/C11H11ClN6/c1-6-7(2)10-14-15-11(18(10)16-9(6)12)8-4-13-17(3)5-8/h4-5H,1-3H3. The molecule has 3 rings (SSSR count). The molecule has 0 aliphatic carbocycles. The maximum Gasteiger partial charge on any atom is 0.188 e. The highest BCUT2D eigenvalue weighted by molar-refractivity contribution is 6.30. The summed E-state index contributed by atoms with van der Waals surface area (Å²) >= 11 is 6.11. The lowest BCUT2D eigenvalue weighted by molar-refractivity contribution is 0.767. The summed E-state index contributed by atoms with van der Waals surface area (Å²) in [5.74, 6) is 0.642. The van der Waals surface area contributed by atoms with Gasteiger partial charge in [0.1, 0.15) is 0 Å². The van der Waals surface area contributed by atoms with Gasteiger partial charge >= 0.3 is 0 Å². The fourth-order valence-electron chi connectivity index (χ4n) is 1.81. The lowest BCUT2D eigenvalue weighted by Crippen LogP contribution is -2.00. The molecule has 0 aliphatic rings. The first kappa shape index (κ1) is 11.2. The lowest BCUT2D eigenvalue weighted by atomic mass is 10.2. The Balaban J connectivity index is 2.33. The van der Waals surface area contributed by atoms with Crippen LogP contribution in [0.5, 0.6) is 0 Å². The highest BCUT2D eigenvalue weighted by atomic mass is 35.5. The molecule has 0 aromatic carbocycles. The van der Waals surface area contributed by atoms with Gasteiger partial charge in [0.25, 0.3) is 0 Å². The van der Waals surface area contributed by atoms with Crippen molar-refractivity contribution in [3.8, 4) is 11.4 Å². The fraction of sp³-hybridized carbons (Fsp3) is 0.273. The molecule has 0 unspecified atom stereocenters. The first-order valence-electron chi connectivity index (χ1n) is 5.45. The molecule has 0 bridgehead atoms. The minimum absolute atomic E-state index is 0.463. The van der Waals surface area contributed by atoms with Crippen LogP contribution in [-0.2, 0) is 7.05 Å². The summed E-state index contributed by atoms with van der Waals surface area (Å²) in [6.45, 7) is 3.88. The number of hydrogen-bond acceptors (Lipinski definition) is 4. The van der Waals surface area contributed by atoms with Crippen LogP contribution in [0.25, 0.3) is 17.0 Å². The fourth-order valence-corrected chi connectivity index (χ4v) is 2.03. The molecule has 0 atom stereocenters. The van der Waals surface area contributed by atoms with E-state index in [1.165, 1.54) is 0 Å². The molecule has 0 spiro atoms. The van der Waals surface area contributed by atoms with Crippen molar-refractivity contribution in [2.24, 2.45) is 7.05 Å². The van der Waals surface area contributed by atoms with Crippen molar-refractivity contribution in [2.45, 2.75) is 13.8 Å². The summed E-state index contributed by atoms with van der Waals surface area (Å²) in [6.07, 6.45) is 3.59. The number of halogens is 1. The van der Waals surface area contributed by atoms with Crippen molar-refractivity contribution < 1.29 is 0 Å². The van der Waals surface area contributed by atoms with Gasteiger partial charge in [-0.3, -0.25) is 4.68 Å². The Morgan fingerprint density at radius 2 is 1.94 bits per heavy atom. The van der Waals surface area contributed by atoms with E-state index in [0.717, 1.165) is 22.3 Å². The second-order valence-electron chi connectivity index (χ2n) is 4.20. The molecule has 0 aliphatic heterocycles. The molecule has 0 amide bonds. The Kier molecular flexibility index (Phi) is 2.34. The van der Waals surface area contributed by atoms with Crippen molar-refractivity contribution in [1.29, 1.82) is 0 Å². The monoisotopic (exact) mass is 262 g/mol. The minimum atomic E-state index is 0.463. The predicted octanol–water partition coefficient (Wildman–Crippen LogP) is 1.80. The van der Waals surface area contributed by atoms with E-state index in [9.17, 15) is 0 Å². The summed E-state index contributed by atoms with van der Waals surface area (Å²) in [5.41, 5.74) is 3.49. The van der Waals surface area contributed by atoms with E-state index in [2.05, 4.69) is 20.4 Å². The summed E-state index contributed by atoms with van der Waals surface area (Å²) in [7, 11) is 1.85. The Labute approximate surface area is 108 Å². The van der Waals surface area contributed by atoms with E-state index >= 15 is 0 Å². The summed E-state index contributed by atoms with van der Waals surface area (Å²) in [5, 5.41) is 17.2. The van der Waals surface area contributed by atoms with Gasteiger partial charge < -0.3 is 0 Å². The van der Waals surface area contributed by atoms with E-state index in [4.69, 9.17) is 11.6 Å². The normalized spacial score (nSPS) is 11.3. The second-order valence-corrected chi connectivity index (χ2v) is 4.56. The van der Waals surface area contributed by atoms with Crippen LogP contribution in [0.3, 0.4) is 0 Å². The van der Waals surface area contributed by atoms with Gasteiger partial charge in [-0.25, -0.2) is 0 Å². The molecule has 0 N–H and O–H groups in total. The van der Waals surface area contributed by atoms with Gasteiger partial charge in [-0.2, -0.15) is 14.7 Å². The molecule has 3 heterocycles. The average Bonchev–Trinajstić information content (AvgIpc) is 2.92. The third-order valence-corrected chi connectivity index (χ3v) is 3.36. The molecular formula is C11H11ClN6. The molecule has 6 nitrogen and oxygen atoms in total. The highest BCUT2D eigenvalue weighted by Crippen LogP contribution is 2.23. The summed E-state index contributed by atoms with van der Waals surface area (Å²) in [6, 6.07) is 0. The Morgan fingerprint density at radius 3 is 2.61 bits per heavy atom. The maximum absolute atomic E-state index is 6.11. The molecule has 92 valence electrons. The van der Waals surface area contributed by atoms with Crippen LogP contribution in [0, 0.1) is 13.8 Å². The van der Waals surface area contributed by atoms with Crippen LogP contribution in [0.15, 0.2) is 12.4 Å².